The van der Waals surface area contributed by atoms with Gasteiger partial charge >= 0.3 is 0 Å². The van der Waals surface area contributed by atoms with Crippen LogP contribution in [-0.2, 0) is 6.54 Å². The Hall–Kier alpha value is -2.03. The second kappa shape index (κ2) is 6.23. The van der Waals surface area contributed by atoms with E-state index in [-0.39, 0.29) is 0 Å². The van der Waals surface area contributed by atoms with Gasteiger partial charge < -0.3 is 5.32 Å². The molecule has 0 aliphatic carbocycles. The van der Waals surface area contributed by atoms with Crippen LogP contribution in [0.2, 0.25) is 0 Å². The minimum absolute atomic E-state index is 0.625. The zero-order valence-electron chi connectivity index (χ0n) is 11.6. The third kappa shape index (κ3) is 3.47. The molecule has 2 aromatic rings. The SMILES string of the molecule is C=Cn1cc(CNc2ccc(C(C)CC)cc2)cn1. The molecular weight excluding hydrogens is 234 g/mol. The van der Waals surface area contributed by atoms with E-state index in [1.807, 2.05) is 12.4 Å². The molecule has 1 N–H and O–H groups in total. The van der Waals surface area contributed by atoms with Gasteiger partial charge in [-0.15, -0.1) is 0 Å². The molecule has 0 aliphatic heterocycles. The predicted octanol–water partition coefficient (Wildman–Crippen LogP) is 4.11. The van der Waals surface area contributed by atoms with Gasteiger partial charge in [0.1, 0.15) is 0 Å². The maximum Gasteiger partial charge on any atom is 0.0543 e. The molecule has 1 aromatic carbocycles. The molecule has 0 aliphatic rings. The fraction of sp³-hybridized carbons (Fsp3) is 0.312. The second-order valence-electron chi connectivity index (χ2n) is 4.80. The lowest BCUT2D eigenvalue weighted by Crippen LogP contribution is -1.99. The minimum Gasteiger partial charge on any atom is -0.381 e. The number of benzene rings is 1. The summed E-state index contributed by atoms with van der Waals surface area (Å²) < 4.78 is 1.71. The van der Waals surface area contributed by atoms with Crippen LogP contribution in [0.3, 0.4) is 0 Å². The highest BCUT2D eigenvalue weighted by atomic mass is 15.2. The van der Waals surface area contributed by atoms with Crippen LogP contribution in [0.4, 0.5) is 5.69 Å². The molecule has 0 saturated heterocycles. The lowest BCUT2D eigenvalue weighted by atomic mass is 9.99. The van der Waals surface area contributed by atoms with E-state index in [4.69, 9.17) is 0 Å². The largest absolute Gasteiger partial charge is 0.381 e. The van der Waals surface area contributed by atoms with Gasteiger partial charge in [-0.1, -0.05) is 32.6 Å². The fourth-order valence-corrected chi connectivity index (χ4v) is 1.94. The van der Waals surface area contributed by atoms with Gasteiger partial charge in [0.25, 0.3) is 0 Å². The summed E-state index contributed by atoms with van der Waals surface area (Å²) in [6, 6.07) is 8.67. The summed E-state index contributed by atoms with van der Waals surface area (Å²) in [5, 5.41) is 7.55. The number of nitrogens with one attached hydrogen (secondary N) is 1. The van der Waals surface area contributed by atoms with Crippen molar-refractivity contribution in [1.82, 2.24) is 9.78 Å². The van der Waals surface area contributed by atoms with Crippen LogP contribution in [-0.4, -0.2) is 9.78 Å². The van der Waals surface area contributed by atoms with Gasteiger partial charge in [0, 0.05) is 30.2 Å². The first kappa shape index (κ1) is 13.4. The molecule has 0 radical (unpaired) electrons. The van der Waals surface area contributed by atoms with E-state index in [0.29, 0.717) is 5.92 Å². The maximum atomic E-state index is 4.15. The summed E-state index contributed by atoms with van der Waals surface area (Å²) in [5.41, 5.74) is 3.68. The van der Waals surface area contributed by atoms with Gasteiger partial charge in [0.05, 0.1) is 6.20 Å². The number of hydrogen-bond donors (Lipinski definition) is 1. The second-order valence-corrected chi connectivity index (χ2v) is 4.80. The summed E-state index contributed by atoms with van der Waals surface area (Å²) >= 11 is 0. The zero-order valence-corrected chi connectivity index (χ0v) is 11.6. The van der Waals surface area contributed by atoms with E-state index in [1.165, 1.54) is 12.0 Å². The monoisotopic (exact) mass is 255 g/mol. The van der Waals surface area contributed by atoms with Crippen molar-refractivity contribution in [3.05, 3.63) is 54.4 Å². The number of nitrogens with zero attached hydrogens (tertiary/aromatic N) is 2. The summed E-state index contributed by atoms with van der Waals surface area (Å²) in [6.07, 6.45) is 6.67. The van der Waals surface area contributed by atoms with Crippen molar-refractivity contribution < 1.29 is 0 Å². The Morgan fingerprint density at radius 2 is 2.11 bits per heavy atom. The van der Waals surface area contributed by atoms with Crippen LogP contribution in [0, 0.1) is 0 Å². The Balaban J connectivity index is 1.94. The highest BCUT2D eigenvalue weighted by Gasteiger charge is 2.02. The molecule has 0 fully saturated rings. The van der Waals surface area contributed by atoms with Crippen molar-refractivity contribution in [3.63, 3.8) is 0 Å². The Morgan fingerprint density at radius 3 is 2.68 bits per heavy atom. The van der Waals surface area contributed by atoms with E-state index in [2.05, 4.69) is 55.1 Å². The van der Waals surface area contributed by atoms with Crippen LogP contribution in [0.25, 0.3) is 6.20 Å². The number of rotatable bonds is 6. The van der Waals surface area contributed by atoms with Crippen LogP contribution in [0.5, 0.6) is 0 Å². The van der Waals surface area contributed by atoms with Gasteiger partial charge in [-0.05, 0) is 30.0 Å². The Morgan fingerprint density at radius 1 is 1.37 bits per heavy atom. The molecule has 0 spiro atoms. The van der Waals surface area contributed by atoms with Crippen molar-refractivity contribution in [2.24, 2.45) is 0 Å². The highest BCUT2D eigenvalue weighted by Crippen LogP contribution is 2.20. The predicted molar refractivity (Wildman–Crippen MR) is 81.1 cm³/mol. The average Bonchev–Trinajstić information content (AvgIpc) is 2.93. The molecule has 0 saturated carbocycles. The van der Waals surface area contributed by atoms with Crippen LogP contribution in [0.1, 0.15) is 37.3 Å². The Bertz CT molecular complexity index is 525. The van der Waals surface area contributed by atoms with Crippen molar-refractivity contribution in [3.8, 4) is 0 Å². The maximum absolute atomic E-state index is 4.15. The first-order valence-corrected chi connectivity index (χ1v) is 6.72. The van der Waals surface area contributed by atoms with Crippen LogP contribution < -0.4 is 5.32 Å². The topological polar surface area (TPSA) is 29.9 Å². The molecule has 0 bridgehead atoms. The third-order valence-electron chi connectivity index (χ3n) is 3.43. The number of aromatic nitrogens is 2. The van der Waals surface area contributed by atoms with Gasteiger partial charge in [-0.2, -0.15) is 5.10 Å². The third-order valence-corrected chi connectivity index (χ3v) is 3.43. The molecule has 100 valence electrons. The Kier molecular flexibility index (Phi) is 4.39. The first-order chi connectivity index (χ1) is 9.22. The molecular formula is C16H21N3. The first-order valence-electron chi connectivity index (χ1n) is 6.72. The van der Waals surface area contributed by atoms with Crippen molar-refractivity contribution in [2.75, 3.05) is 5.32 Å². The molecule has 2 rings (SSSR count). The van der Waals surface area contributed by atoms with E-state index in [1.54, 1.807) is 10.9 Å². The van der Waals surface area contributed by atoms with E-state index < -0.39 is 0 Å². The standard InChI is InChI=1S/C16H21N3/c1-4-13(3)15-6-8-16(9-7-15)17-10-14-11-18-19(5-2)12-14/h5-9,11-13,17H,2,4,10H2,1,3H3. The van der Waals surface area contributed by atoms with E-state index >= 15 is 0 Å². The molecule has 1 atom stereocenters. The lowest BCUT2D eigenvalue weighted by molar-refractivity contribution is 0.734. The molecule has 19 heavy (non-hydrogen) atoms. The molecule has 3 heteroatoms. The minimum atomic E-state index is 0.625. The number of anilines is 1. The number of hydrogen-bond acceptors (Lipinski definition) is 2. The molecule has 1 unspecified atom stereocenters. The summed E-state index contributed by atoms with van der Waals surface area (Å²) in [4.78, 5) is 0. The molecule has 3 nitrogen and oxygen atoms in total. The van der Waals surface area contributed by atoms with E-state index in [0.717, 1.165) is 17.8 Å². The fourth-order valence-electron chi connectivity index (χ4n) is 1.94. The van der Waals surface area contributed by atoms with Gasteiger partial charge in [0.2, 0.25) is 0 Å². The van der Waals surface area contributed by atoms with Crippen molar-refractivity contribution >= 4 is 11.9 Å². The van der Waals surface area contributed by atoms with Gasteiger partial charge in [0.15, 0.2) is 0 Å². The molecule has 1 aromatic heterocycles. The van der Waals surface area contributed by atoms with Crippen molar-refractivity contribution in [2.45, 2.75) is 32.7 Å². The normalized spacial score (nSPS) is 12.1. The van der Waals surface area contributed by atoms with Crippen LogP contribution >= 0.6 is 0 Å². The summed E-state index contributed by atoms with van der Waals surface area (Å²) in [6.45, 7) is 8.92. The van der Waals surface area contributed by atoms with Gasteiger partial charge in [-0.25, -0.2) is 4.68 Å². The average molecular weight is 255 g/mol. The van der Waals surface area contributed by atoms with Crippen molar-refractivity contribution in [1.29, 1.82) is 0 Å². The lowest BCUT2D eigenvalue weighted by Gasteiger charge is -2.10. The summed E-state index contributed by atoms with van der Waals surface area (Å²) in [5.74, 6) is 0.625. The Labute approximate surface area is 115 Å². The highest BCUT2D eigenvalue weighted by molar-refractivity contribution is 5.45. The summed E-state index contributed by atoms with van der Waals surface area (Å²) in [7, 11) is 0. The molecule has 0 amide bonds. The van der Waals surface area contributed by atoms with Gasteiger partial charge in [-0.3, -0.25) is 0 Å². The smallest absolute Gasteiger partial charge is 0.0543 e. The zero-order chi connectivity index (χ0) is 13.7. The van der Waals surface area contributed by atoms with E-state index in [9.17, 15) is 0 Å². The quantitative estimate of drug-likeness (QED) is 0.841. The van der Waals surface area contributed by atoms with Crippen LogP contribution in [0.15, 0.2) is 43.2 Å². The molecule has 1 heterocycles.